The van der Waals surface area contributed by atoms with Crippen molar-refractivity contribution >= 4 is 5.78 Å². The van der Waals surface area contributed by atoms with E-state index in [1.807, 2.05) is 0 Å². The molecule has 0 fully saturated rings. The van der Waals surface area contributed by atoms with Gasteiger partial charge in [0.05, 0.1) is 0 Å². The standard InChI is InChI=1S/C7H14N2O/c1-6(10)7(3-4-8)5-9-2/h3,9H,4-5,8H2,1-2H3/b7-3+. The van der Waals surface area contributed by atoms with E-state index < -0.39 is 0 Å². The van der Waals surface area contributed by atoms with Crippen molar-refractivity contribution in [1.82, 2.24) is 5.32 Å². The van der Waals surface area contributed by atoms with E-state index in [9.17, 15) is 4.79 Å². The lowest BCUT2D eigenvalue weighted by molar-refractivity contribution is -0.113. The molecule has 0 aliphatic heterocycles. The zero-order valence-electron chi connectivity index (χ0n) is 6.48. The smallest absolute Gasteiger partial charge is 0.156 e. The van der Waals surface area contributed by atoms with Gasteiger partial charge in [0.2, 0.25) is 0 Å². The Bertz CT molecular complexity index is 141. The van der Waals surface area contributed by atoms with Crippen molar-refractivity contribution in [1.29, 1.82) is 0 Å². The number of hydrogen-bond donors (Lipinski definition) is 2. The number of carbonyl (C=O) groups excluding carboxylic acids is 1. The number of likely N-dealkylation sites (N-methyl/N-ethyl adjacent to an activating group) is 1. The molecule has 3 N–H and O–H groups in total. The van der Waals surface area contributed by atoms with Crippen molar-refractivity contribution in [3.05, 3.63) is 11.6 Å². The molecule has 0 aliphatic carbocycles. The van der Waals surface area contributed by atoms with Crippen molar-refractivity contribution in [2.75, 3.05) is 20.1 Å². The molecule has 0 saturated carbocycles. The molecule has 10 heavy (non-hydrogen) atoms. The molecule has 0 spiro atoms. The van der Waals surface area contributed by atoms with E-state index in [0.29, 0.717) is 13.1 Å². The van der Waals surface area contributed by atoms with Crippen LogP contribution in [0.3, 0.4) is 0 Å². The summed E-state index contributed by atoms with van der Waals surface area (Å²) in [5, 5.41) is 2.89. The van der Waals surface area contributed by atoms with Gasteiger partial charge in [0.15, 0.2) is 5.78 Å². The molecule has 0 amide bonds. The van der Waals surface area contributed by atoms with E-state index >= 15 is 0 Å². The Morgan fingerprint density at radius 3 is 2.60 bits per heavy atom. The van der Waals surface area contributed by atoms with Crippen LogP contribution in [-0.4, -0.2) is 25.9 Å². The van der Waals surface area contributed by atoms with Gasteiger partial charge in [-0.3, -0.25) is 4.79 Å². The highest BCUT2D eigenvalue weighted by atomic mass is 16.1. The lowest BCUT2D eigenvalue weighted by atomic mass is 10.2. The Balaban J connectivity index is 3.98. The highest BCUT2D eigenvalue weighted by molar-refractivity contribution is 5.93. The van der Waals surface area contributed by atoms with E-state index in [2.05, 4.69) is 5.32 Å². The van der Waals surface area contributed by atoms with Crippen LogP contribution < -0.4 is 11.1 Å². The fourth-order valence-electron chi connectivity index (χ4n) is 0.673. The third-order valence-electron chi connectivity index (χ3n) is 1.18. The summed E-state index contributed by atoms with van der Waals surface area (Å²) < 4.78 is 0. The maximum absolute atomic E-state index is 10.8. The third kappa shape index (κ3) is 3.37. The van der Waals surface area contributed by atoms with Crippen LogP contribution in [0.1, 0.15) is 6.92 Å². The number of Topliss-reactive ketones (excluding diaryl/α,β-unsaturated/α-hetero) is 1. The van der Waals surface area contributed by atoms with Crippen molar-refractivity contribution in [2.24, 2.45) is 5.73 Å². The normalized spacial score (nSPS) is 11.7. The Morgan fingerprint density at radius 1 is 1.70 bits per heavy atom. The van der Waals surface area contributed by atoms with Gasteiger partial charge in [-0.25, -0.2) is 0 Å². The lowest BCUT2D eigenvalue weighted by Crippen LogP contribution is -2.16. The van der Waals surface area contributed by atoms with Crippen molar-refractivity contribution in [3.8, 4) is 0 Å². The predicted octanol–water partition coefficient (Wildman–Crippen LogP) is -0.320. The van der Waals surface area contributed by atoms with Crippen LogP contribution in [0.25, 0.3) is 0 Å². The van der Waals surface area contributed by atoms with Crippen LogP contribution >= 0.6 is 0 Å². The number of hydrogen-bond acceptors (Lipinski definition) is 3. The fourth-order valence-corrected chi connectivity index (χ4v) is 0.673. The maximum Gasteiger partial charge on any atom is 0.156 e. The number of nitrogens with two attached hydrogens (primary N) is 1. The second-order valence-corrected chi connectivity index (χ2v) is 2.05. The van der Waals surface area contributed by atoms with Gasteiger partial charge in [0.1, 0.15) is 0 Å². The highest BCUT2D eigenvalue weighted by Gasteiger charge is 1.99. The zero-order chi connectivity index (χ0) is 7.98. The first-order chi connectivity index (χ1) is 4.72. The summed E-state index contributed by atoms with van der Waals surface area (Å²) in [4.78, 5) is 10.8. The van der Waals surface area contributed by atoms with Crippen molar-refractivity contribution in [3.63, 3.8) is 0 Å². The summed E-state index contributed by atoms with van der Waals surface area (Å²) in [6.07, 6.45) is 1.73. The van der Waals surface area contributed by atoms with E-state index in [0.717, 1.165) is 5.57 Å². The van der Waals surface area contributed by atoms with E-state index in [4.69, 9.17) is 5.73 Å². The van der Waals surface area contributed by atoms with Gasteiger partial charge in [-0.2, -0.15) is 0 Å². The molecule has 0 heterocycles. The molecule has 0 aromatic rings. The van der Waals surface area contributed by atoms with Gasteiger partial charge in [0.25, 0.3) is 0 Å². The second kappa shape index (κ2) is 5.14. The fraction of sp³-hybridized carbons (Fsp3) is 0.571. The number of ketones is 1. The quantitative estimate of drug-likeness (QED) is 0.529. The molecule has 0 rings (SSSR count). The molecule has 3 heteroatoms. The number of nitrogens with one attached hydrogen (secondary N) is 1. The Labute approximate surface area is 61.3 Å². The lowest BCUT2D eigenvalue weighted by Gasteiger charge is -1.99. The molecular formula is C7H14N2O. The Morgan fingerprint density at radius 2 is 2.30 bits per heavy atom. The second-order valence-electron chi connectivity index (χ2n) is 2.05. The van der Waals surface area contributed by atoms with Crippen LogP contribution in [0.4, 0.5) is 0 Å². The summed E-state index contributed by atoms with van der Waals surface area (Å²) in [6, 6.07) is 0. The summed E-state index contributed by atoms with van der Waals surface area (Å²) in [5.41, 5.74) is 6.00. The van der Waals surface area contributed by atoms with Crippen molar-refractivity contribution in [2.45, 2.75) is 6.92 Å². The van der Waals surface area contributed by atoms with Crippen LogP contribution in [0.5, 0.6) is 0 Å². The molecular weight excluding hydrogens is 128 g/mol. The van der Waals surface area contributed by atoms with E-state index in [-0.39, 0.29) is 5.78 Å². The van der Waals surface area contributed by atoms with Gasteiger partial charge in [-0.1, -0.05) is 6.08 Å². The average Bonchev–Trinajstić information content (AvgIpc) is 1.87. The molecule has 58 valence electrons. The summed E-state index contributed by atoms with van der Waals surface area (Å²) in [7, 11) is 1.80. The summed E-state index contributed by atoms with van der Waals surface area (Å²) in [6.45, 7) is 2.57. The first-order valence-corrected chi connectivity index (χ1v) is 3.27. The molecule has 0 aromatic heterocycles. The van der Waals surface area contributed by atoms with Crippen LogP contribution in [0, 0.1) is 0 Å². The molecule has 3 nitrogen and oxygen atoms in total. The molecule has 0 aromatic carbocycles. The summed E-state index contributed by atoms with van der Waals surface area (Å²) >= 11 is 0. The van der Waals surface area contributed by atoms with Gasteiger partial charge < -0.3 is 11.1 Å². The summed E-state index contributed by atoms with van der Waals surface area (Å²) in [5.74, 6) is 0.0831. The van der Waals surface area contributed by atoms with E-state index in [1.54, 1.807) is 20.0 Å². The average molecular weight is 142 g/mol. The Hall–Kier alpha value is -0.670. The van der Waals surface area contributed by atoms with Gasteiger partial charge >= 0.3 is 0 Å². The highest BCUT2D eigenvalue weighted by Crippen LogP contribution is 1.91. The number of rotatable bonds is 4. The molecule has 0 saturated heterocycles. The molecule has 0 atom stereocenters. The van der Waals surface area contributed by atoms with Gasteiger partial charge in [0, 0.05) is 18.7 Å². The SMILES string of the molecule is CNC/C(=C\CN)C(C)=O. The van der Waals surface area contributed by atoms with Crippen molar-refractivity contribution < 1.29 is 4.79 Å². The molecule has 0 bridgehead atoms. The van der Waals surface area contributed by atoms with Crippen LogP contribution in [-0.2, 0) is 4.79 Å². The molecule has 0 radical (unpaired) electrons. The monoisotopic (exact) mass is 142 g/mol. The topological polar surface area (TPSA) is 55.1 Å². The molecule has 0 unspecified atom stereocenters. The first kappa shape index (κ1) is 9.33. The van der Waals surface area contributed by atoms with Gasteiger partial charge in [-0.05, 0) is 14.0 Å². The minimum Gasteiger partial charge on any atom is -0.327 e. The Kier molecular flexibility index (Phi) is 4.80. The third-order valence-corrected chi connectivity index (χ3v) is 1.18. The first-order valence-electron chi connectivity index (χ1n) is 3.27. The largest absolute Gasteiger partial charge is 0.327 e. The van der Waals surface area contributed by atoms with Crippen LogP contribution in [0.2, 0.25) is 0 Å². The molecule has 0 aliphatic rings. The minimum absolute atomic E-state index is 0.0831. The predicted molar refractivity (Wildman–Crippen MR) is 41.7 cm³/mol. The van der Waals surface area contributed by atoms with Crippen LogP contribution in [0.15, 0.2) is 11.6 Å². The van der Waals surface area contributed by atoms with Gasteiger partial charge in [-0.15, -0.1) is 0 Å². The zero-order valence-corrected chi connectivity index (χ0v) is 6.48. The van der Waals surface area contributed by atoms with E-state index in [1.165, 1.54) is 0 Å². The number of carbonyl (C=O) groups is 1. The minimum atomic E-state index is 0.0831. The maximum atomic E-state index is 10.8.